The molecule has 2 saturated heterocycles. The molecule has 4 aromatic carbocycles. The Morgan fingerprint density at radius 3 is 1.52 bits per heavy atom. The molecule has 476 valence electrons. The van der Waals surface area contributed by atoms with E-state index < -0.39 is 149 Å². The third kappa shape index (κ3) is 14.8. The van der Waals surface area contributed by atoms with Crippen LogP contribution >= 0.6 is 15.9 Å². The molecular weight excluding hydrogens is 1320 g/mol. The predicted molar refractivity (Wildman–Crippen MR) is 297 cm³/mol. The van der Waals surface area contributed by atoms with E-state index in [1.165, 1.54) is 51.5 Å². The number of aromatic hydroxyl groups is 4. The van der Waals surface area contributed by atoms with Crippen LogP contribution in [-0.4, -0.2) is 166 Å². The largest absolute Gasteiger partial charge is 1.00 e. The number of Topliss-reactive ketones (excluding diaryl/α,β-unsaturated/α-hetero) is 2. The van der Waals surface area contributed by atoms with E-state index in [1.54, 1.807) is 18.3 Å². The first kappa shape index (κ1) is 74.9. The molecular formula is C59H63BrF3K2N3O22. The number of carbonyl (C=O) groups excluding carboxylic acids is 8. The zero-order valence-electron chi connectivity index (χ0n) is 50.6. The number of methoxy groups -OCH3 is 2. The molecule has 12 atom stereocenters. The molecule has 31 heteroatoms. The molecule has 25 nitrogen and oxygen atoms in total. The molecule has 0 radical (unpaired) electrons. The van der Waals surface area contributed by atoms with E-state index in [4.69, 9.17) is 44.2 Å². The Morgan fingerprint density at radius 2 is 1.12 bits per heavy atom. The second-order valence-corrected chi connectivity index (χ2v) is 22.1. The Bertz CT molecular complexity index is 3460. The molecule has 2 aliphatic heterocycles. The number of rotatable bonds is 14. The number of ketones is 6. The monoisotopic (exact) mass is 1380 g/mol. The zero-order valence-corrected chi connectivity index (χ0v) is 57.5. The molecule has 4 aliphatic carbocycles. The zero-order chi connectivity index (χ0) is 64.5. The standard InChI is InChI=1S/C29H27BrF3NO10.C29H34N2O9.CH2O3.2K.H/c1-10-23(36)14(34-28(41)29(31,32)33)8-18(43-10)44-17-7-11(15(35)9-30)6-13-20(17)27(40)22-21(25(13)38)24(37)12-4-3-5-16(42-2)19(12)26(22)39;1-4-31-11-17(32)13-8-15-22(19(9-13)40-20-10-16(30)25(33)12(2)39-20)29(37)24-23(27(15)35)26(34)14-6-5-7-18(38-3)21(14)28(24)36;2-1-4-3;;;/h3-5,10-11,14,17-18,23,36,38,40H,6-9H2,1-2H3,(H,34,41);5-7,12-13,16,19-20,25,31,33,35,37H,4,8-11,30H2,1-3H3;1,3H;;;/q;;;2*+1;-1/p-1/t10-,11+,14-,17-,18-,23+;12-,13+,16-,19-,20-,25+;;;;/m00..../s1. The van der Waals surface area contributed by atoms with Crippen LogP contribution in [0.1, 0.15) is 146 Å². The molecule has 0 bridgehead atoms. The predicted octanol–water partition coefficient (Wildman–Crippen LogP) is -2.93. The van der Waals surface area contributed by atoms with Gasteiger partial charge < -0.3 is 87.0 Å². The third-order valence-corrected chi connectivity index (χ3v) is 16.9. The molecule has 10 N–H and O–H groups in total. The van der Waals surface area contributed by atoms with E-state index in [1.807, 2.05) is 6.92 Å². The molecule has 6 aliphatic rings. The van der Waals surface area contributed by atoms with Crippen LogP contribution in [0.2, 0.25) is 0 Å². The van der Waals surface area contributed by atoms with E-state index in [-0.39, 0.29) is 233 Å². The summed E-state index contributed by atoms with van der Waals surface area (Å²) in [6.45, 7) is 5.39. The Hall–Kier alpha value is -4.18. The number of amides is 1. The van der Waals surface area contributed by atoms with Crippen molar-refractivity contribution in [3.05, 3.63) is 103 Å². The van der Waals surface area contributed by atoms with Crippen molar-refractivity contribution >= 4 is 63.0 Å². The maximum atomic E-state index is 13.7. The van der Waals surface area contributed by atoms with Crippen molar-refractivity contribution in [2.24, 2.45) is 17.6 Å². The molecule has 10 rings (SSSR count). The summed E-state index contributed by atoms with van der Waals surface area (Å²) in [6, 6.07) is 6.83. The van der Waals surface area contributed by atoms with Crippen molar-refractivity contribution in [1.82, 2.24) is 10.6 Å². The minimum atomic E-state index is -5.21. The molecule has 4 aromatic rings. The number of hydrogen-bond acceptors (Lipinski definition) is 24. The van der Waals surface area contributed by atoms with E-state index in [2.05, 4.69) is 26.1 Å². The van der Waals surface area contributed by atoms with Crippen molar-refractivity contribution in [1.29, 1.82) is 0 Å². The van der Waals surface area contributed by atoms with Crippen molar-refractivity contribution in [2.75, 3.05) is 32.6 Å². The van der Waals surface area contributed by atoms with Crippen LogP contribution in [0.15, 0.2) is 36.4 Å². The number of halogens is 4. The fraction of sp³-hybridized carbons (Fsp3) is 0.458. The van der Waals surface area contributed by atoms with E-state index in [9.17, 15) is 77.4 Å². The second kappa shape index (κ2) is 31.4. The second-order valence-electron chi connectivity index (χ2n) is 21.6. The number of alkyl halides is 4. The van der Waals surface area contributed by atoms with Gasteiger partial charge in [0.2, 0.25) is 11.6 Å². The Labute approximate surface area is 606 Å². The van der Waals surface area contributed by atoms with Crippen molar-refractivity contribution in [2.45, 2.75) is 127 Å². The van der Waals surface area contributed by atoms with E-state index in [0.29, 0.717) is 6.54 Å². The number of fused-ring (bicyclic) bond motifs is 6. The fourth-order valence-corrected chi connectivity index (χ4v) is 12.5. The van der Waals surface area contributed by atoms with Crippen LogP contribution in [0.4, 0.5) is 13.2 Å². The number of nitrogens with one attached hydrogen (secondary N) is 2. The minimum absolute atomic E-state index is 0. The number of benzene rings is 4. The maximum absolute atomic E-state index is 13.7. The Kier molecular flexibility index (Phi) is 26.1. The van der Waals surface area contributed by atoms with Gasteiger partial charge in [-0.1, -0.05) is 47.1 Å². The Balaban J connectivity index is 0.000000304. The van der Waals surface area contributed by atoms with Crippen LogP contribution in [0.5, 0.6) is 34.5 Å². The van der Waals surface area contributed by atoms with Gasteiger partial charge >= 0.3 is 115 Å². The average Bonchev–Trinajstić information content (AvgIpc) is 0.763. The fourth-order valence-electron chi connectivity index (χ4n) is 12.1. The molecule has 0 saturated carbocycles. The van der Waals surface area contributed by atoms with Gasteiger partial charge in [-0.25, -0.2) is 0 Å². The normalized spacial score (nSPS) is 25.3. The summed E-state index contributed by atoms with van der Waals surface area (Å²) < 4.78 is 73.2. The van der Waals surface area contributed by atoms with Crippen LogP contribution in [0, 0.1) is 11.8 Å². The number of carbonyl (C=O) groups is 8. The molecule has 0 aromatic heterocycles. The van der Waals surface area contributed by atoms with Crippen LogP contribution in [-0.2, 0) is 55.9 Å². The summed E-state index contributed by atoms with van der Waals surface area (Å²) in [5.41, 5.74) is 4.54. The number of phenols is 4. The number of phenolic OH excluding ortho intramolecular Hbond substituents is 4. The maximum Gasteiger partial charge on any atom is 1.00 e. The van der Waals surface area contributed by atoms with Crippen LogP contribution in [0.3, 0.4) is 0 Å². The van der Waals surface area contributed by atoms with Gasteiger partial charge in [-0.2, -0.15) is 13.2 Å². The summed E-state index contributed by atoms with van der Waals surface area (Å²) in [7, 11) is 2.67. The minimum Gasteiger partial charge on any atom is -1.00 e. The van der Waals surface area contributed by atoms with Crippen LogP contribution < -0.4 is 134 Å². The number of nitrogens with two attached hydrogens (primary N) is 1. The van der Waals surface area contributed by atoms with Gasteiger partial charge in [0.1, 0.15) is 52.2 Å². The summed E-state index contributed by atoms with van der Waals surface area (Å²) in [5, 5.41) is 79.8. The van der Waals surface area contributed by atoms with Gasteiger partial charge in [-0.05, 0) is 58.2 Å². The van der Waals surface area contributed by atoms with Gasteiger partial charge in [0, 0.05) is 64.1 Å². The van der Waals surface area contributed by atoms with E-state index in [0.717, 1.165) is 0 Å². The topological polar surface area (TPSA) is 396 Å². The molecule has 2 fully saturated rings. The van der Waals surface area contributed by atoms with Crippen molar-refractivity contribution in [3.8, 4) is 34.5 Å². The van der Waals surface area contributed by atoms with Gasteiger partial charge in [-0.15, -0.1) is 0 Å². The van der Waals surface area contributed by atoms with Gasteiger partial charge in [0.15, 0.2) is 24.1 Å². The molecule has 0 spiro atoms. The van der Waals surface area contributed by atoms with Gasteiger partial charge in [-0.3, -0.25) is 38.4 Å². The number of ether oxygens (including phenoxy) is 6. The van der Waals surface area contributed by atoms with Crippen molar-refractivity contribution in [3.63, 3.8) is 0 Å². The average molecular weight is 1380 g/mol. The summed E-state index contributed by atoms with van der Waals surface area (Å²) in [4.78, 5) is 103. The summed E-state index contributed by atoms with van der Waals surface area (Å²) in [5.74, 6) is -9.00. The summed E-state index contributed by atoms with van der Waals surface area (Å²) >= 11 is 3.11. The van der Waals surface area contributed by atoms with Crippen molar-refractivity contribution < 1.29 is 225 Å². The smallest absolute Gasteiger partial charge is 1.00 e. The van der Waals surface area contributed by atoms with E-state index >= 15 is 0 Å². The van der Waals surface area contributed by atoms with Gasteiger partial charge in [0.25, 0.3) is 6.47 Å². The number of likely N-dealkylation sites (N-methyl/N-ethyl adjacent to an activating group) is 1. The first-order valence-electron chi connectivity index (χ1n) is 27.6. The third-order valence-electron chi connectivity index (χ3n) is 16.4. The van der Waals surface area contributed by atoms with Crippen LogP contribution in [0.25, 0.3) is 0 Å². The summed E-state index contributed by atoms with van der Waals surface area (Å²) in [6.07, 6.45) is -14.2. The SMILES string of the molecule is CCNCC(=O)[C@@H]1Cc2c(O)c3c(c(O)c2[C@@H](O[C@H]2C[C@H](N)[C@H](O)[C@H](C)O2)C1)C(=O)c1c(OC)cccc1C3=O.COc1cccc2c1C(=O)c1c(O)c3c(c(O)c1C2=O)C[C@@H](C(=O)CBr)C[C@@H]3O[C@H]1C[C@H](NC(=O)C(F)(F)F)[C@H](O)[C@H](C)O1.O=CO[O-].[H-].[K+].[K+]. The van der Waals surface area contributed by atoms with Gasteiger partial charge in [0.05, 0.1) is 96.0 Å². The first-order chi connectivity index (χ1) is 41.7. The molecule has 90 heavy (non-hydrogen) atoms. The number of aliphatic hydroxyl groups is 2. The Morgan fingerprint density at radius 1 is 0.700 bits per heavy atom. The number of aliphatic hydroxyl groups excluding tert-OH is 2. The first-order valence-corrected chi connectivity index (χ1v) is 28.7. The number of hydrogen-bond donors (Lipinski definition) is 9. The molecule has 1 amide bonds. The quantitative estimate of drug-likeness (QED) is 0.0132. The molecule has 2 heterocycles. The molecule has 0 unspecified atom stereocenters.